The van der Waals surface area contributed by atoms with Crippen LogP contribution in [0.1, 0.15) is 32.4 Å². The number of nitrogens with one attached hydrogen (secondary N) is 2. The first-order valence-corrected chi connectivity index (χ1v) is 8.04. The van der Waals surface area contributed by atoms with E-state index in [4.69, 9.17) is 5.21 Å². The average Bonchev–Trinajstić information content (AvgIpc) is 2.57. The van der Waals surface area contributed by atoms with Crippen LogP contribution in [-0.4, -0.2) is 17.0 Å². The summed E-state index contributed by atoms with van der Waals surface area (Å²) in [6, 6.07) is 5.33. The first kappa shape index (κ1) is 20.4. The van der Waals surface area contributed by atoms with E-state index in [-0.39, 0.29) is 11.1 Å². The van der Waals surface area contributed by atoms with Crippen LogP contribution in [0.4, 0.5) is 13.2 Å². The van der Waals surface area contributed by atoms with Gasteiger partial charge in [-0.2, -0.15) is 0 Å². The van der Waals surface area contributed by atoms with E-state index in [9.17, 15) is 22.8 Å². The Balaban J connectivity index is 2.38. The molecule has 0 aromatic heterocycles. The third kappa shape index (κ3) is 4.65. The molecule has 1 atom stereocenters. The fourth-order valence-corrected chi connectivity index (χ4v) is 2.37. The maximum Gasteiger partial charge on any atom is 0.270 e. The van der Waals surface area contributed by atoms with E-state index >= 15 is 0 Å². The minimum absolute atomic E-state index is 0.124. The Hall–Kier alpha value is -2.87. The molecule has 2 rings (SSSR count). The molecule has 144 valence electrons. The summed E-state index contributed by atoms with van der Waals surface area (Å²) in [4.78, 5) is 24.1. The van der Waals surface area contributed by atoms with Crippen molar-refractivity contribution in [3.8, 4) is 11.1 Å². The maximum atomic E-state index is 13.9. The molecule has 0 aliphatic rings. The van der Waals surface area contributed by atoms with Crippen molar-refractivity contribution in [2.75, 3.05) is 0 Å². The van der Waals surface area contributed by atoms with E-state index in [1.165, 1.54) is 29.7 Å². The maximum absolute atomic E-state index is 13.9. The molecular weight excluding hydrogens is 361 g/mol. The Labute approximate surface area is 154 Å². The monoisotopic (exact) mass is 380 g/mol. The van der Waals surface area contributed by atoms with Crippen LogP contribution in [0, 0.1) is 22.9 Å². The molecule has 0 saturated heterocycles. The zero-order valence-corrected chi connectivity index (χ0v) is 14.9. The highest BCUT2D eigenvalue weighted by atomic mass is 19.1. The van der Waals surface area contributed by atoms with E-state index in [1.54, 1.807) is 20.8 Å². The lowest BCUT2D eigenvalue weighted by molar-refractivity contribution is -0.137. The SMILES string of the molecule is CC(C)(C)C(=O)NC(C(=O)NO)c1ccc(-c2c(F)cc(F)cc2F)cc1. The second-order valence-electron chi connectivity index (χ2n) is 7.00. The molecule has 0 aliphatic carbocycles. The Morgan fingerprint density at radius 3 is 1.96 bits per heavy atom. The fourth-order valence-electron chi connectivity index (χ4n) is 2.37. The number of hydrogen-bond acceptors (Lipinski definition) is 3. The van der Waals surface area contributed by atoms with Crippen LogP contribution in [0.15, 0.2) is 36.4 Å². The van der Waals surface area contributed by atoms with Gasteiger partial charge in [-0.25, -0.2) is 18.7 Å². The number of carbonyl (C=O) groups is 2. The predicted molar refractivity (Wildman–Crippen MR) is 92.0 cm³/mol. The van der Waals surface area contributed by atoms with Crippen molar-refractivity contribution in [1.29, 1.82) is 0 Å². The van der Waals surface area contributed by atoms with Gasteiger partial charge in [0.2, 0.25) is 5.91 Å². The molecule has 0 fully saturated rings. The minimum Gasteiger partial charge on any atom is -0.340 e. The molecule has 2 aromatic rings. The summed E-state index contributed by atoms with van der Waals surface area (Å²) in [6.07, 6.45) is 0. The lowest BCUT2D eigenvalue weighted by Gasteiger charge is -2.23. The van der Waals surface area contributed by atoms with Crippen LogP contribution in [-0.2, 0) is 9.59 Å². The second kappa shape index (κ2) is 7.79. The van der Waals surface area contributed by atoms with E-state index in [1.807, 2.05) is 0 Å². The summed E-state index contributed by atoms with van der Waals surface area (Å²) in [5.41, 5.74) is 0.687. The zero-order chi connectivity index (χ0) is 20.4. The minimum atomic E-state index is -1.21. The van der Waals surface area contributed by atoms with Gasteiger partial charge in [-0.1, -0.05) is 45.0 Å². The molecule has 0 aliphatic heterocycles. The predicted octanol–water partition coefficient (Wildman–Crippen LogP) is 3.48. The van der Waals surface area contributed by atoms with Gasteiger partial charge in [0.05, 0.1) is 5.56 Å². The lowest BCUT2D eigenvalue weighted by atomic mass is 9.94. The van der Waals surface area contributed by atoms with Gasteiger partial charge in [0.25, 0.3) is 5.91 Å². The van der Waals surface area contributed by atoms with Crippen LogP contribution in [0.2, 0.25) is 0 Å². The van der Waals surface area contributed by atoms with Gasteiger partial charge >= 0.3 is 0 Å². The molecule has 0 heterocycles. The van der Waals surface area contributed by atoms with E-state index in [0.717, 1.165) is 0 Å². The molecule has 0 bridgehead atoms. The summed E-state index contributed by atoms with van der Waals surface area (Å²) in [5.74, 6) is -4.47. The van der Waals surface area contributed by atoms with Crippen molar-refractivity contribution in [2.45, 2.75) is 26.8 Å². The molecule has 0 radical (unpaired) electrons. The molecule has 27 heavy (non-hydrogen) atoms. The first-order chi connectivity index (χ1) is 12.5. The molecule has 8 heteroatoms. The third-order valence-electron chi connectivity index (χ3n) is 3.87. The number of hydrogen-bond donors (Lipinski definition) is 3. The number of amides is 2. The molecule has 1 unspecified atom stereocenters. The van der Waals surface area contributed by atoms with Crippen LogP contribution >= 0.6 is 0 Å². The normalized spacial score (nSPS) is 12.4. The number of benzene rings is 2. The Bertz CT molecular complexity index is 838. The van der Waals surface area contributed by atoms with Crippen molar-refractivity contribution < 1.29 is 28.0 Å². The van der Waals surface area contributed by atoms with E-state index in [2.05, 4.69) is 5.32 Å². The van der Waals surface area contributed by atoms with Crippen molar-refractivity contribution in [3.05, 3.63) is 59.4 Å². The number of rotatable bonds is 4. The van der Waals surface area contributed by atoms with E-state index < -0.39 is 46.3 Å². The Kier molecular flexibility index (Phi) is 5.90. The molecule has 0 spiro atoms. The van der Waals surface area contributed by atoms with Crippen LogP contribution < -0.4 is 10.8 Å². The van der Waals surface area contributed by atoms with Crippen LogP contribution in [0.3, 0.4) is 0 Å². The molecule has 0 saturated carbocycles. The third-order valence-corrected chi connectivity index (χ3v) is 3.87. The van der Waals surface area contributed by atoms with E-state index in [0.29, 0.717) is 12.1 Å². The molecule has 5 nitrogen and oxygen atoms in total. The summed E-state index contributed by atoms with van der Waals surface area (Å²) >= 11 is 0. The standard InChI is InChI=1S/C19H19F3N2O3/c1-19(2,3)18(26)23-16(17(25)24-27)11-6-4-10(5-7-11)15-13(21)8-12(20)9-14(15)22/h4-9,16,27H,1-3H3,(H,23,26)(H,24,25). The van der Waals surface area contributed by atoms with Crippen molar-refractivity contribution in [1.82, 2.24) is 10.8 Å². The average molecular weight is 380 g/mol. The van der Waals surface area contributed by atoms with Gasteiger partial charge in [-0.05, 0) is 11.1 Å². The molecule has 2 aromatic carbocycles. The van der Waals surface area contributed by atoms with Gasteiger partial charge in [0.1, 0.15) is 23.5 Å². The fraction of sp³-hybridized carbons (Fsp3) is 0.263. The quantitative estimate of drug-likeness (QED) is 0.561. The number of halogens is 3. The first-order valence-electron chi connectivity index (χ1n) is 8.04. The molecule has 2 amide bonds. The smallest absolute Gasteiger partial charge is 0.270 e. The highest BCUT2D eigenvalue weighted by molar-refractivity contribution is 5.90. The molecular formula is C19H19F3N2O3. The second-order valence-corrected chi connectivity index (χ2v) is 7.00. The van der Waals surface area contributed by atoms with Gasteiger partial charge in [0, 0.05) is 17.5 Å². The van der Waals surface area contributed by atoms with Gasteiger partial charge in [0.15, 0.2) is 0 Å². The summed E-state index contributed by atoms with van der Waals surface area (Å²) in [6.45, 7) is 4.96. The summed E-state index contributed by atoms with van der Waals surface area (Å²) < 4.78 is 40.9. The zero-order valence-electron chi connectivity index (χ0n) is 14.9. The summed E-state index contributed by atoms with van der Waals surface area (Å²) in [7, 11) is 0. The number of carbonyl (C=O) groups excluding carboxylic acids is 2. The number of hydroxylamine groups is 1. The lowest BCUT2D eigenvalue weighted by Crippen LogP contribution is -2.43. The summed E-state index contributed by atoms with van der Waals surface area (Å²) in [5, 5.41) is 11.4. The van der Waals surface area contributed by atoms with Crippen LogP contribution in [0.25, 0.3) is 11.1 Å². The largest absolute Gasteiger partial charge is 0.340 e. The Morgan fingerprint density at radius 2 is 1.52 bits per heavy atom. The highest BCUT2D eigenvalue weighted by Gasteiger charge is 2.28. The van der Waals surface area contributed by atoms with Gasteiger partial charge in [-0.3, -0.25) is 14.8 Å². The highest BCUT2D eigenvalue weighted by Crippen LogP contribution is 2.28. The van der Waals surface area contributed by atoms with Crippen molar-refractivity contribution in [3.63, 3.8) is 0 Å². The van der Waals surface area contributed by atoms with Gasteiger partial charge < -0.3 is 5.32 Å². The van der Waals surface area contributed by atoms with Crippen molar-refractivity contribution >= 4 is 11.8 Å². The topological polar surface area (TPSA) is 78.4 Å². The molecule has 3 N–H and O–H groups in total. The van der Waals surface area contributed by atoms with Crippen LogP contribution in [0.5, 0.6) is 0 Å². The Morgan fingerprint density at radius 1 is 1.00 bits per heavy atom. The van der Waals surface area contributed by atoms with Crippen molar-refractivity contribution in [2.24, 2.45) is 5.41 Å². The van der Waals surface area contributed by atoms with Gasteiger partial charge in [-0.15, -0.1) is 0 Å².